The lowest BCUT2D eigenvalue weighted by Gasteiger charge is -2.21. The smallest absolute Gasteiger partial charge is 0.243 e. The molecule has 0 atom stereocenters. The van der Waals surface area contributed by atoms with E-state index in [1.807, 2.05) is 54.8 Å². The highest BCUT2D eigenvalue weighted by Crippen LogP contribution is 2.37. The fraction of sp³-hybridized carbons (Fsp3) is 0.200. The number of hydrogen-bond acceptors (Lipinski definition) is 6. The highest BCUT2D eigenvalue weighted by molar-refractivity contribution is 7.09. The van der Waals surface area contributed by atoms with Gasteiger partial charge in [0.25, 0.3) is 0 Å². The number of fused-ring (bicyclic) bond motifs is 1. The predicted molar refractivity (Wildman–Crippen MR) is 107 cm³/mol. The van der Waals surface area contributed by atoms with Crippen LogP contribution in [-0.4, -0.2) is 30.6 Å². The van der Waals surface area contributed by atoms with E-state index in [1.165, 1.54) is 0 Å². The number of aromatic nitrogens is 1. The zero-order chi connectivity index (χ0) is 18.6. The van der Waals surface area contributed by atoms with E-state index in [2.05, 4.69) is 15.6 Å². The molecule has 2 aromatic carbocycles. The van der Waals surface area contributed by atoms with Crippen molar-refractivity contribution in [2.75, 3.05) is 30.4 Å². The fourth-order valence-corrected chi connectivity index (χ4v) is 3.47. The first-order valence-electron chi connectivity index (χ1n) is 8.64. The van der Waals surface area contributed by atoms with Gasteiger partial charge < -0.3 is 20.1 Å². The molecule has 1 aliphatic heterocycles. The van der Waals surface area contributed by atoms with Crippen LogP contribution >= 0.6 is 11.3 Å². The second-order valence-corrected chi connectivity index (χ2v) is 7.13. The number of carbonyl (C=O) groups is 1. The van der Waals surface area contributed by atoms with Gasteiger partial charge in [0.15, 0.2) is 11.5 Å². The summed E-state index contributed by atoms with van der Waals surface area (Å²) in [6.07, 6.45) is 0. The molecule has 7 heteroatoms. The number of anilines is 2. The minimum atomic E-state index is -0.143. The molecule has 1 aromatic heterocycles. The highest BCUT2D eigenvalue weighted by atomic mass is 32.1. The Labute approximate surface area is 161 Å². The van der Waals surface area contributed by atoms with Crippen molar-refractivity contribution < 1.29 is 14.3 Å². The molecule has 0 bridgehead atoms. The molecule has 1 amide bonds. The molecule has 2 N–H and O–H groups in total. The van der Waals surface area contributed by atoms with Gasteiger partial charge in [0.2, 0.25) is 5.91 Å². The van der Waals surface area contributed by atoms with Crippen molar-refractivity contribution in [3.8, 4) is 22.8 Å². The Morgan fingerprint density at radius 1 is 1.19 bits per heavy atom. The Hall–Kier alpha value is -3.06. The van der Waals surface area contributed by atoms with Gasteiger partial charge in [-0.05, 0) is 31.2 Å². The lowest BCUT2D eigenvalue weighted by Crippen LogP contribution is -2.23. The van der Waals surface area contributed by atoms with Crippen molar-refractivity contribution >= 4 is 28.6 Å². The standard InChI is InChI=1S/C20H19N3O3S/c1-13-22-17(12-27-13)14-4-2-5-15(10-14)23-19(24)11-21-16-6-3-7-18-20(16)26-9-8-25-18/h2-7,10,12,21H,8-9,11H2,1H3,(H,23,24). The average Bonchev–Trinajstić information content (AvgIpc) is 3.13. The first kappa shape index (κ1) is 17.4. The minimum absolute atomic E-state index is 0.125. The van der Waals surface area contributed by atoms with Crippen LogP contribution in [0.2, 0.25) is 0 Å². The Morgan fingerprint density at radius 3 is 2.89 bits per heavy atom. The van der Waals surface area contributed by atoms with Gasteiger partial charge in [0.1, 0.15) is 13.2 Å². The predicted octanol–water partition coefficient (Wildman–Crippen LogP) is 3.94. The van der Waals surface area contributed by atoms with Crippen molar-refractivity contribution in [1.29, 1.82) is 0 Å². The number of aryl methyl sites for hydroxylation is 1. The summed E-state index contributed by atoms with van der Waals surface area (Å²) in [5.74, 6) is 1.20. The molecule has 138 valence electrons. The molecule has 0 saturated heterocycles. The summed E-state index contributed by atoms with van der Waals surface area (Å²) in [5.41, 5.74) is 3.38. The second kappa shape index (κ2) is 7.67. The van der Waals surface area contributed by atoms with E-state index < -0.39 is 0 Å². The molecule has 0 unspecified atom stereocenters. The molecule has 6 nitrogen and oxygen atoms in total. The van der Waals surface area contributed by atoms with Crippen molar-refractivity contribution in [2.24, 2.45) is 0 Å². The summed E-state index contributed by atoms with van der Waals surface area (Å²) >= 11 is 1.61. The topological polar surface area (TPSA) is 72.5 Å². The quantitative estimate of drug-likeness (QED) is 0.700. The number of thiazole rings is 1. The molecular formula is C20H19N3O3S. The molecule has 0 aliphatic carbocycles. The van der Waals surface area contributed by atoms with Crippen LogP contribution in [-0.2, 0) is 4.79 Å². The Bertz CT molecular complexity index is 971. The lowest BCUT2D eigenvalue weighted by atomic mass is 10.1. The van der Waals surface area contributed by atoms with Gasteiger partial charge in [-0.2, -0.15) is 0 Å². The molecule has 4 rings (SSSR count). The van der Waals surface area contributed by atoms with Crippen LogP contribution < -0.4 is 20.1 Å². The molecule has 27 heavy (non-hydrogen) atoms. The molecule has 0 spiro atoms. The lowest BCUT2D eigenvalue weighted by molar-refractivity contribution is -0.114. The minimum Gasteiger partial charge on any atom is -0.486 e. The van der Waals surface area contributed by atoms with E-state index in [-0.39, 0.29) is 12.5 Å². The van der Waals surface area contributed by atoms with Gasteiger partial charge in [-0.3, -0.25) is 4.79 Å². The SMILES string of the molecule is Cc1nc(-c2cccc(NC(=O)CNc3cccc4c3OCCO4)c2)cs1. The van der Waals surface area contributed by atoms with Crippen LogP contribution in [0, 0.1) is 6.92 Å². The van der Waals surface area contributed by atoms with E-state index in [4.69, 9.17) is 9.47 Å². The Morgan fingerprint density at radius 2 is 2.04 bits per heavy atom. The third kappa shape index (κ3) is 4.03. The van der Waals surface area contributed by atoms with E-state index in [9.17, 15) is 4.79 Å². The number of ether oxygens (including phenoxy) is 2. The number of hydrogen-bond donors (Lipinski definition) is 2. The highest BCUT2D eigenvalue weighted by Gasteiger charge is 2.16. The maximum absolute atomic E-state index is 12.3. The van der Waals surface area contributed by atoms with E-state index in [0.29, 0.717) is 24.7 Å². The number of nitrogens with zero attached hydrogens (tertiary/aromatic N) is 1. The Balaban J connectivity index is 1.40. The maximum Gasteiger partial charge on any atom is 0.243 e. The number of benzene rings is 2. The summed E-state index contributed by atoms with van der Waals surface area (Å²) in [6, 6.07) is 13.3. The largest absolute Gasteiger partial charge is 0.486 e. The molecular weight excluding hydrogens is 362 g/mol. The van der Waals surface area contributed by atoms with E-state index in [0.717, 1.165) is 27.6 Å². The third-order valence-electron chi connectivity index (χ3n) is 4.07. The molecule has 1 aliphatic rings. The molecule has 0 saturated carbocycles. The number of nitrogens with one attached hydrogen (secondary N) is 2. The number of para-hydroxylation sites is 1. The normalized spacial score (nSPS) is 12.5. The average molecular weight is 381 g/mol. The van der Waals surface area contributed by atoms with Gasteiger partial charge in [-0.15, -0.1) is 11.3 Å². The van der Waals surface area contributed by atoms with Crippen LogP contribution in [0.4, 0.5) is 11.4 Å². The summed E-state index contributed by atoms with van der Waals surface area (Å²) in [4.78, 5) is 16.8. The van der Waals surface area contributed by atoms with Crippen molar-refractivity contribution in [3.63, 3.8) is 0 Å². The summed E-state index contributed by atoms with van der Waals surface area (Å²) in [7, 11) is 0. The zero-order valence-electron chi connectivity index (χ0n) is 14.8. The van der Waals surface area contributed by atoms with Gasteiger partial charge in [-0.25, -0.2) is 4.98 Å². The van der Waals surface area contributed by atoms with Crippen LogP contribution in [0.5, 0.6) is 11.5 Å². The third-order valence-corrected chi connectivity index (χ3v) is 4.84. The van der Waals surface area contributed by atoms with Gasteiger partial charge in [0, 0.05) is 16.6 Å². The van der Waals surface area contributed by atoms with Crippen molar-refractivity contribution in [1.82, 2.24) is 4.98 Å². The number of amides is 1. The van der Waals surface area contributed by atoms with E-state index >= 15 is 0 Å². The second-order valence-electron chi connectivity index (χ2n) is 6.06. The van der Waals surface area contributed by atoms with Gasteiger partial charge in [-0.1, -0.05) is 18.2 Å². The van der Waals surface area contributed by atoms with Crippen molar-refractivity contribution in [2.45, 2.75) is 6.92 Å². The first-order valence-corrected chi connectivity index (χ1v) is 9.52. The summed E-state index contributed by atoms with van der Waals surface area (Å²) in [5, 5.41) is 9.05. The van der Waals surface area contributed by atoms with Crippen LogP contribution in [0.3, 0.4) is 0 Å². The van der Waals surface area contributed by atoms with Gasteiger partial charge in [0.05, 0.1) is 22.9 Å². The summed E-state index contributed by atoms with van der Waals surface area (Å²) in [6.45, 7) is 3.13. The molecule has 2 heterocycles. The van der Waals surface area contributed by atoms with Crippen LogP contribution in [0.25, 0.3) is 11.3 Å². The number of carbonyl (C=O) groups excluding carboxylic acids is 1. The molecule has 3 aromatic rings. The Kier molecular flexibility index (Phi) is 4.93. The van der Waals surface area contributed by atoms with Crippen molar-refractivity contribution in [3.05, 3.63) is 52.9 Å². The van der Waals surface area contributed by atoms with Crippen LogP contribution in [0.1, 0.15) is 5.01 Å². The first-order chi connectivity index (χ1) is 13.2. The summed E-state index contributed by atoms with van der Waals surface area (Å²) < 4.78 is 11.2. The zero-order valence-corrected chi connectivity index (χ0v) is 15.6. The maximum atomic E-state index is 12.3. The number of rotatable bonds is 5. The van der Waals surface area contributed by atoms with Crippen LogP contribution in [0.15, 0.2) is 47.8 Å². The van der Waals surface area contributed by atoms with Gasteiger partial charge >= 0.3 is 0 Å². The molecule has 0 fully saturated rings. The monoisotopic (exact) mass is 381 g/mol. The fourth-order valence-electron chi connectivity index (χ4n) is 2.85. The van der Waals surface area contributed by atoms with E-state index in [1.54, 1.807) is 11.3 Å². The molecule has 0 radical (unpaired) electrons.